The number of benzene rings is 2. The molecule has 0 bridgehead atoms. The number of halogens is 2. The number of nitrogens with two attached hydrogens (primary N) is 1. The van der Waals surface area contributed by atoms with E-state index in [0.29, 0.717) is 34.9 Å². The zero-order chi connectivity index (χ0) is 21.9. The average Bonchev–Trinajstić information content (AvgIpc) is 3.00. The van der Waals surface area contributed by atoms with Gasteiger partial charge in [0.05, 0.1) is 5.57 Å². The number of hydrogen-bond donors (Lipinski definition) is 2. The number of Topliss-reactive ketones (excluding diaryl/α,β-unsaturated/α-hetero) is 1. The molecule has 0 radical (unpaired) electrons. The van der Waals surface area contributed by atoms with Gasteiger partial charge in [0, 0.05) is 39.7 Å². The third-order valence-electron chi connectivity index (χ3n) is 6.05. The van der Waals surface area contributed by atoms with Crippen molar-refractivity contribution in [3.05, 3.63) is 81.5 Å². The Kier molecular flexibility index (Phi) is 4.17. The molecule has 1 unspecified atom stereocenters. The standard InChI is InChI=1S/C23H16ClFN4O2/c24-12-3-1-4-14(9-12)29-18-5-2-6-19(30)20(18)23(16(11-26)21(29)27)15-10-13(25)7-8-17(15)28-22(23)31/h1,3-4,7-10H,2,5-6,27H2,(H,28,31). The lowest BCUT2D eigenvalue weighted by Gasteiger charge is -2.43. The number of ketones is 1. The molecule has 2 heterocycles. The Hall–Kier alpha value is -3.63. The molecule has 3 aliphatic rings. The Labute approximate surface area is 182 Å². The lowest BCUT2D eigenvalue weighted by Crippen LogP contribution is -2.50. The van der Waals surface area contributed by atoms with Gasteiger partial charge in [0.2, 0.25) is 5.91 Å². The summed E-state index contributed by atoms with van der Waals surface area (Å²) in [5, 5.41) is 13.3. The Morgan fingerprint density at radius 3 is 2.74 bits per heavy atom. The second kappa shape index (κ2) is 6.69. The first-order valence-corrected chi connectivity index (χ1v) is 10.1. The van der Waals surface area contributed by atoms with E-state index >= 15 is 0 Å². The van der Waals surface area contributed by atoms with Crippen LogP contribution in [-0.4, -0.2) is 11.7 Å². The maximum Gasteiger partial charge on any atom is 0.245 e. The molecule has 0 aromatic heterocycles. The largest absolute Gasteiger partial charge is 0.384 e. The van der Waals surface area contributed by atoms with E-state index < -0.39 is 17.1 Å². The number of amides is 1. The first-order chi connectivity index (χ1) is 14.9. The van der Waals surface area contributed by atoms with Crippen LogP contribution >= 0.6 is 11.6 Å². The van der Waals surface area contributed by atoms with E-state index in [4.69, 9.17) is 17.3 Å². The lowest BCUT2D eigenvalue weighted by atomic mass is 9.64. The molecule has 3 N–H and O–H groups in total. The van der Waals surface area contributed by atoms with Crippen molar-refractivity contribution >= 4 is 34.7 Å². The van der Waals surface area contributed by atoms with Gasteiger partial charge < -0.3 is 11.1 Å². The van der Waals surface area contributed by atoms with E-state index in [1.54, 1.807) is 29.2 Å². The fourth-order valence-electron chi connectivity index (χ4n) is 4.87. The summed E-state index contributed by atoms with van der Waals surface area (Å²) >= 11 is 6.18. The third kappa shape index (κ3) is 2.49. The van der Waals surface area contributed by atoms with Gasteiger partial charge in [-0.2, -0.15) is 5.26 Å². The van der Waals surface area contributed by atoms with Crippen LogP contribution < -0.4 is 16.0 Å². The Balaban J connectivity index is 1.90. The zero-order valence-electron chi connectivity index (χ0n) is 16.2. The van der Waals surface area contributed by atoms with Crippen LogP contribution in [0.25, 0.3) is 0 Å². The highest BCUT2D eigenvalue weighted by molar-refractivity contribution is 6.30. The van der Waals surface area contributed by atoms with Crippen LogP contribution in [0.3, 0.4) is 0 Å². The SMILES string of the molecule is N#CC1=C(N)N(c2cccc(Cl)c2)C2=C(C(=O)CCC2)C12C(=O)Nc1ccc(F)cc12. The smallest absolute Gasteiger partial charge is 0.245 e. The van der Waals surface area contributed by atoms with Gasteiger partial charge in [0.1, 0.15) is 23.1 Å². The van der Waals surface area contributed by atoms with Gasteiger partial charge >= 0.3 is 0 Å². The fourth-order valence-corrected chi connectivity index (χ4v) is 5.06. The minimum Gasteiger partial charge on any atom is -0.384 e. The molecule has 1 spiro atoms. The van der Waals surface area contributed by atoms with Gasteiger partial charge in [-0.1, -0.05) is 17.7 Å². The molecule has 0 saturated heterocycles. The molecular weight excluding hydrogens is 419 g/mol. The number of carbonyl (C=O) groups excluding carboxylic acids is 2. The van der Waals surface area contributed by atoms with Crippen LogP contribution in [0.2, 0.25) is 5.02 Å². The summed E-state index contributed by atoms with van der Waals surface area (Å²) in [5.41, 5.74) is 6.47. The normalized spacial score (nSPS) is 22.4. The van der Waals surface area contributed by atoms with Crippen LogP contribution in [0.15, 0.2) is 65.1 Å². The van der Waals surface area contributed by atoms with E-state index in [0.717, 1.165) is 0 Å². The van der Waals surface area contributed by atoms with Crippen molar-refractivity contribution in [3.8, 4) is 6.07 Å². The van der Waals surface area contributed by atoms with E-state index in [2.05, 4.69) is 11.4 Å². The second-order valence-electron chi connectivity index (χ2n) is 7.68. The van der Waals surface area contributed by atoms with Crippen molar-refractivity contribution in [1.82, 2.24) is 0 Å². The highest BCUT2D eigenvalue weighted by atomic mass is 35.5. The van der Waals surface area contributed by atoms with E-state index in [1.807, 2.05) is 0 Å². The van der Waals surface area contributed by atoms with Gasteiger partial charge in [0.15, 0.2) is 5.78 Å². The molecule has 2 aromatic rings. The van der Waals surface area contributed by atoms with Gasteiger partial charge in [0.25, 0.3) is 0 Å². The number of hydrogen-bond acceptors (Lipinski definition) is 5. The number of nitriles is 1. The predicted molar refractivity (Wildman–Crippen MR) is 113 cm³/mol. The summed E-state index contributed by atoms with van der Waals surface area (Å²) in [6, 6.07) is 12.8. The van der Waals surface area contributed by atoms with Crippen molar-refractivity contribution in [3.63, 3.8) is 0 Å². The summed E-state index contributed by atoms with van der Waals surface area (Å²) in [6.07, 6.45) is 1.25. The van der Waals surface area contributed by atoms with Crippen molar-refractivity contribution in [2.45, 2.75) is 24.7 Å². The van der Waals surface area contributed by atoms with Gasteiger partial charge in [-0.25, -0.2) is 4.39 Å². The first-order valence-electron chi connectivity index (χ1n) is 9.74. The Morgan fingerprint density at radius 2 is 2.00 bits per heavy atom. The summed E-state index contributed by atoms with van der Waals surface area (Å²) < 4.78 is 14.3. The van der Waals surface area contributed by atoms with Crippen LogP contribution in [0.4, 0.5) is 15.8 Å². The molecule has 0 fully saturated rings. The molecule has 2 aliphatic heterocycles. The molecule has 31 heavy (non-hydrogen) atoms. The monoisotopic (exact) mass is 434 g/mol. The highest BCUT2D eigenvalue weighted by Crippen LogP contribution is 2.55. The molecule has 8 heteroatoms. The predicted octanol–water partition coefficient (Wildman–Crippen LogP) is 3.89. The Bertz CT molecular complexity index is 1290. The van der Waals surface area contributed by atoms with E-state index in [9.17, 15) is 19.2 Å². The maximum atomic E-state index is 14.3. The molecule has 6 nitrogen and oxygen atoms in total. The third-order valence-corrected chi connectivity index (χ3v) is 6.29. The topological polar surface area (TPSA) is 99.2 Å². The van der Waals surface area contributed by atoms with Gasteiger partial charge in [-0.05, 0) is 49.2 Å². The minimum absolute atomic E-state index is 0.0190. The molecule has 0 saturated carbocycles. The highest BCUT2D eigenvalue weighted by Gasteiger charge is 2.60. The van der Waals surface area contributed by atoms with Crippen LogP contribution in [-0.2, 0) is 15.0 Å². The number of anilines is 2. The molecule has 1 amide bonds. The molecule has 154 valence electrons. The average molecular weight is 435 g/mol. The summed E-state index contributed by atoms with van der Waals surface area (Å²) in [6.45, 7) is 0. The van der Waals surface area contributed by atoms with Crippen molar-refractivity contribution < 1.29 is 14.0 Å². The number of carbonyl (C=O) groups is 2. The second-order valence-corrected chi connectivity index (χ2v) is 8.12. The number of rotatable bonds is 1. The number of allylic oxidation sites excluding steroid dienone is 1. The van der Waals surface area contributed by atoms with Crippen molar-refractivity contribution in [2.24, 2.45) is 5.73 Å². The van der Waals surface area contributed by atoms with Gasteiger partial charge in [-0.15, -0.1) is 0 Å². The first kappa shape index (κ1) is 19.3. The van der Waals surface area contributed by atoms with Crippen molar-refractivity contribution in [2.75, 3.05) is 10.2 Å². The lowest BCUT2D eigenvalue weighted by molar-refractivity contribution is -0.122. The van der Waals surface area contributed by atoms with Crippen molar-refractivity contribution in [1.29, 1.82) is 5.26 Å². The number of nitrogens with zero attached hydrogens (tertiary/aromatic N) is 2. The van der Waals surface area contributed by atoms with Crippen LogP contribution in [0.5, 0.6) is 0 Å². The zero-order valence-corrected chi connectivity index (χ0v) is 17.0. The summed E-state index contributed by atoms with van der Waals surface area (Å²) in [7, 11) is 0. The van der Waals surface area contributed by atoms with E-state index in [1.165, 1.54) is 18.2 Å². The summed E-state index contributed by atoms with van der Waals surface area (Å²) in [4.78, 5) is 28.3. The molecule has 5 rings (SSSR count). The quantitative estimate of drug-likeness (QED) is 0.709. The van der Waals surface area contributed by atoms with Crippen LogP contribution in [0, 0.1) is 17.1 Å². The molecular formula is C23H16ClFN4O2. The van der Waals surface area contributed by atoms with Crippen LogP contribution in [0.1, 0.15) is 24.8 Å². The van der Waals surface area contributed by atoms with Gasteiger partial charge in [-0.3, -0.25) is 14.5 Å². The molecule has 1 atom stereocenters. The minimum atomic E-state index is -1.78. The number of fused-ring (bicyclic) bond motifs is 3. The molecule has 1 aliphatic carbocycles. The molecule has 2 aromatic carbocycles. The number of nitrogens with one attached hydrogen (secondary N) is 1. The fraction of sp³-hybridized carbons (Fsp3) is 0.174. The Morgan fingerprint density at radius 1 is 1.19 bits per heavy atom. The maximum absolute atomic E-state index is 14.3. The summed E-state index contributed by atoms with van der Waals surface area (Å²) in [5.74, 6) is -1.40. The van der Waals surface area contributed by atoms with E-state index in [-0.39, 0.29) is 34.7 Å².